The molecule has 9 heteroatoms. The van der Waals surface area contributed by atoms with E-state index in [1.54, 1.807) is 30.3 Å². The molecule has 3 aromatic rings. The molecule has 0 aromatic heterocycles. The van der Waals surface area contributed by atoms with Crippen molar-refractivity contribution in [3.05, 3.63) is 98.6 Å². The largest absolute Gasteiger partial charge is 0.348 e. The van der Waals surface area contributed by atoms with E-state index in [1.807, 2.05) is 25.1 Å². The highest BCUT2D eigenvalue weighted by Gasteiger charge is 2.20. The van der Waals surface area contributed by atoms with E-state index in [9.17, 15) is 19.7 Å². The fraction of sp³-hybridized carbons (Fsp3) is 0.0909. The Morgan fingerprint density at radius 2 is 1.65 bits per heavy atom. The van der Waals surface area contributed by atoms with Crippen LogP contribution in [0.25, 0.3) is 0 Å². The lowest BCUT2D eigenvalue weighted by atomic mass is 10.1. The van der Waals surface area contributed by atoms with E-state index in [2.05, 4.69) is 16.0 Å². The van der Waals surface area contributed by atoms with Crippen LogP contribution in [0, 0.1) is 17.0 Å². The van der Waals surface area contributed by atoms with Crippen LogP contribution in [0.15, 0.2) is 66.7 Å². The summed E-state index contributed by atoms with van der Waals surface area (Å²) in [6, 6.07) is 17.8. The first-order valence-corrected chi connectivity index (χ1v) is 9.65. The normalized spacial score (nSPS) is 10.3. The van der Waals surface area contributed by atoms with Crippen LogP contribution in [0.3, 0.4) is 0 Å². The zero-order valence-electron chi connectivity index (χ0n) is 16.5. The zero-order valence-corrected chi connectivity index (χ0v) is 17.3. The van der Waals surface area contributed by atoms with Gasteiger partial charge in [-0.1, -0.05) is 35.9 Å². The fourth-order valence-corrected chi connectivity index (χ4v) is 3.07. The predicted octanol–water partition coefficient (Wildman–Crippen LogP) is 5.13. The Hall–Kier alpha value is -3.91. The second-order valence-corrected chi connectivity index (χ2v) is 7.19. The maximum atomic E-state index is 12.4. The molecule has 0 bridgehead atoms. The van der Waals surface area contributed by atoms with Gasteiger partial charge in [-0.05, 0) is 54.4 Å². The predicted molar refractivity (Wildman–Crippen MR) is 120 cm³/mol. The summed E-state index contributed by atoms with van der Waals surface area (Å²) in [4.78, 5) is 35.1. The number of benzene rings is 3. The van der Waals surface area contributed by atoms with Crippen molar-refractivity contribution in [3.63, 3.8) is 0 Å². The number of hydrogen-bond acceptors (Lipinski definition) is 4. The Bertz CT molecular complexity index is 1150. The first-order chi connectivity index (χ1) is 14.8. The van der Waals surface area contributed by atoms with Crippen LogP contribution < -0.4 is 16.0 Å². The molecule has 0 atom stereocenters. The molecule has 31 heavy (non-hydrogen) atoms. The van der Waals surface area contributed by atoms with Gasteiger partial charge in [0.2, 0.25) is 0 Å². The van der Waals surface area contributed by atoms with Gasteiger partial charge in [0.25, 0.3) is 11.6 Å². The highest BCUT2D eigenvalue weighted by molar-refractivity contribution is 6.31. The molecule has 0 radical (unpaired) electrons. The summed E-state index contributed by atoms with van der Waals surface area (Å²) in [5.41, 5.74) is 2.49. The molecule has 0 saturated carbocycles. The molecule has 8 nitrogen and oxygen atoms in total. The number of carbonyl (C=O) groups excluding carboxylic acids is 2. The summed E-state index contributed by atoms with van der Waals surface area (Å²) < 4.78 is 0. The number of aryl methyl sites for hydroxylation is 1. The van der Waals surface area contributed by atoms with Gasteiger partial charge >= 0.3 is 6.03 Å². The Morgan fingerprint density at radius 1 is 0.968 bits per heavy atom. The summed E-state index contributed by atoms with van der Waals surface area (Å²) in [7, 11) is 0. The Labute approximate surface area is 183 Å². The van der Waals surface area contributed by atoms with Crippen LogP contribution in [0.5, 0.6) is 0 Å². The van der Waals surface area contributed by atoms with E-state index in [4.69, 9.17) is 11.6 Å². The summed E-state index contributed by atoms with van der Waals surface area (Å²) in [5.74, 6) is -0.598. The van der Waals surface area contributed by atoms with Crippen molar-refractivity contribution in [1.29, 1.82) is 0 Å². The molecule has 3 amide bonds. The molecule has 0 saturated heterocycles. The van der Waals surface area contributed by atoms with Gasteiger partial charge in [0.05, 0.1) is 4.92 Å². The topological polar surface area (TPSA) is 113 Å². The monoisotopic (exact) mass is 438 g/mol. The van der Waals surface area contributed by atoms with E-state index >= 15 is 0 Å². The van der Waals surface area contributed by atoms with Crippen molar-refractivity contribution < 1.29 is 14.5 Å². The lowest BCUT2D eigenvalue weighted by molar-refractivity contribution is -0.385. The van der Waals surface area contributed by atoms with Gasteiger partial charge < -0.3 is 16.0 Å². The summed E-state index contributed by atoms with van der Waals surface area (Å²) >= 11 is 5.78. The van der Waals surface area contributed by atoms with Crippen LogP contribution in [-0.4, -0.2) is 16.9 Å². The van der Waals surface area contributed by atoms with Gasteiger partial charge in [-0.3, -0.25) is 14.9 Å². The first kappa shape index (κ1) is 21.8. The number of nitrogens with one attached hydrogen (secondary N) is 3. The van der Waals surface area contributed by atoms with Gasteiger partial charge in [0.1, 0.15) is 5.56 Å². The van der Waals surface area contributed by atoms with Gasteiger partial charge in [-0.25, -0.2) is 4.79 Å². The van der Waals surface area contributed by atoms with Gasteiger partial charge in [-0.15, -0.1) is 0 Å². The molecule has 3 N–H and O–H groups in total. The van der Waals surface area contributed by atoms with Crippen LogP contribution >= 0.6 is 11.6 Å². The number of amides is 3. The second-order valence-electron chi connectivity index (χ2n) is 6.75. The molecule has 0 heterocycles. The number of carbonyl (C=O) groups is 2. The minimum atomic E-state index is -0.655. The SMILES string of the molecule is Cc1cccc(NC(=O)Nc2cccc(CNC(=O)c3ccc(Cl)cc3[N+](=O)[O-])c2)c1. The highest BCUT2D eigenvalue weighted by atomic mass is 35.5. The van der Waals surface area contributed by atoms with Crippen molar-refractivity contribution in [2.24, 2.45) is 0 Å². The molecule has 0 spiro atoms. The zero-order chi connectivity index (χ0) is 22.4. The van der Waals surface area contributed by atoms with Crippen LogP contribution in [0.2, 0.25) is 5.02 Å². The molecule has 0 aliphatic rings. The quantitative estimate of drug-likeness (QED) is 0.365. The third-order valence-corrected chi connectivity index (χ3v) is 4.55. The summed E-state index contributed by atoms with van der Waals surface area (Å²) in [5, 5.41) is 19.5. The number of rotatable bonds is 6. The standard InChI is InChI=1S/C22H19ClN4O4/c1-14-4-2-6-17(10-14)25-22(29)26-18-7-3-5-15(11-18)13-24-21(28)19-9-8-16(23)12-20(19)27(30)31/h2-12H,13H2,1H3,(H,24,28)(H2,25,26,29). The summed E-state index contributed by atoms with van der Waals surface area (Å²) in [6.07, 6.45) is 0. The molecule has 3 aromatic carbocycles. The van der Waals surface area contributed by atoms with Crippen LogP contribution in [0.4, 0.5) is 21.9 Å². The first-order valence-electron chi connectivity index (χ1n) is 9.27. The Morgan fingerprint density at radius 3 is 2.32 bits per heavy atom. The van der Waals surface area contributed by atoms with E-state index in [1.165, 1.54) is 12.1 Å². The number of halogens is 1. The lowest BCUT2D eigenvalue weighted by Crippen LogP contribution is -2.24. The number of nitro groups is 1. The molecule has 0 unspecified atom stereocenters. The average molecular weight is 439 g/mol. The van der Waals surface area contributed by atoms with E-state index in [-0.39, 0.29) is 22.8 Å². The Balaban J connectivity index is 1.62. The van der Waals surface area contributed by atoms with Crippen molar-refractivity contribution in [2.75, 3.05) is 10.6 Å². The van der Waals surface area contributed by atoms with Crippen molar-refractivity contribution in [3.8, 4) is 0 Å². The van der Waals surface area contributed by atoms with Crippen molar-refractivity contribution in [1.82, 2.24) is 5.32 Å². The molecule has 3 rings (SSSR count). The van der Waals surface area contributed by atoms with Crippen LogP contribution in [0.1, 0.15) is 21.5 Å². The second kappa shape index (κ2) is 9.73. The molecule has 158 valence electrons. The molecular formula is C22H19ClN4O4. The Kier molecular flexibility index (Phi) is 6.84. The molecule has 0 fully saturated rings. The number of nitrogens with zero attached hydrogens (tertiary/aromatic N) is 1. The number of urea groups is 1. The average Bonchev–Trinajstić information content (AvgIpc) is 2.72. The number of nitro benzene ring substituents is 1. The maximum Gasteiger partial charge on any atom is 0.323 e. The van der Waals surface area contributed by atoms with Crippen molar-refractivity contribution >= 4 is 40.6 Å². The number of hydrogen-bond donors (Lipinski definition) is 3. The fourth-order valence-electron chi connectivity index (χ4n) is 2.90. The van der Waals surface area contributed by atoms with E-state index in [0.717, 1.165) is 11.6 Å². The lowest BCUT2D eigenvalue weighted by Gasteiger charge is -2.10. The smallest absolute Gasteiger partial charge is 0.323 e. The molecule has 0 aliphatic carbocycles. The molecule has 0 aliphatic heterocycles. The third kappa shape index (κ3) is 6.03. The summed E-state index contributed by atoms with van der Waals surface area (Å²) in [6.45, 7) is 2.05. The third-order valence-electron chi connectivity index (χ3n) is 4.31. The number of anilines is 2. The van der Waals surface area contributed by atoms with Crippen LogP contribution in [-0.2, 0) is 6.54 Å². The van der Waals surface area contributed by atoms with Gasteiger partial charge in [0.15, 0.2) is 0 Å². The maximum absolute atomic E-state index is 12.4. The van der Waals surface area contributed by atoms with Gasteiger partial charge in [-0.2, -0.15) is 0 Å². The minimum Gasteiger partial charge on any atom is -0.348 e. The van der Waals surface area contributed by atoms with E-state index < -0.39 is 16.9 Å². The van der Waals surface area contributed by atoms with Crippen molar-refractivity contribution in [2.45, 2.75) is 13.5 Å². The minimum absolute atomic E-state index is 0.0822. The molecular weight excluding hydrogens is 420 g/mol. The highest BCUT2D eigenvalue weighted by Crippen LogP contribution is 2.23. The van der Waals surface area contributed by atoms with Gasteiger partial charge in [0, 0.05) is 29.0 Å². The van der Waals surface area contributed by atoms with E-state index in [0.29, 0.717) is 16.9 Å².